The average molecular weight is 413 g/mol. The van der Waals surface area contributed by atoms with Crippen molar-refractivity contribution in [3.05, 3.63) is 78.4 Å². The van der Waals surface area contributed by atoms with Crippen molar-refractivity contribution in [2.24, 2.45) is 0 Å². The number of hydrogen-bond acceptors (Lipinski definition) is 4. The first-order valence-electron chi connectivity index (χ1n) is 10.4. The van der Waals surface area contributed by atoms with Gasteiger partial charge in [-0.25, -0.2) is 4.98 Å². The molecule has 5 rings (SSSR count). The monoisotopic (exact) mass is 413 g/mol. The van der Waals surface area contributed by atoms with Crippen molar-refractivity contribution in [2.75, 3.05) is 6.79 Å². The highest BCUT2D eigenvalue weighted by Gasteiger charge is 2.26. The Hall–Kier alpha value is -3.80. The van der Waals surface area contributed by atoms with Gasteiger partial charge in [-0.2, -0.15) is 0 Å². The van der Waals surface area contributed by atoms with Gasteiger partial charge in [-0.3, -0.25) is 4.79 Å². The maximum Gasteiger partial charge on any atom is 0.243 e. The van der Waals surface area contributed by atoms with E-state index in [1.807, 2.05) is 84.3 Å². The van der Waals surface area contributed by atoms with E-state index in [0.717, 1.165) is 33.7 Å². The molecule has 1 unspecified atom stereocenters. The van der Waals surface area contributed by atoms with Crippen molar-refractivity contribution in [3.8, 4) is 22.9 Å². The van der Waals surface area contributed by atoms with E-state index < -0.39 is 6.04 Å². The Morgan fingerprint density at radius 3 is 2.65 bits per heavy atom. The van der Waals surface area contributed by atoms with Gasteiger partial charge in [0.25, 0.3) is 0 Å². The van der Waals surface area contributed by atoms with Crippen LogP contribution >= 0.6 is 0 Å². The van der Waals surface area contributed by atoms with Crippen LogP contribution in [0.2, 0.25) is 0 Å². The number of ether oxygens (including phenoxy) is 2. The number of amides is 1. The highest BCUT2D eigenvalue weighted by Crippen LogP contribution is 2.37. The predicted molar refractivity (Wildman–Crippen MR) is 119 cm³/mol. The molecule has 0 saturated heterocycles. The molecule has 1 amide bonds. The summed E-state index contributed by atoms with van der Waals surface area (Å²) in [4.78, 5) is 18.1. The van der Waals surface area contributed by atoms with Crippen LogP contribution in [-0.2, 0) is 11.3 Å². The molecule has 6 heteroatoms. The van der Waals surface area contributed by atoms with E-state index in [1.165, 1.54) is 0 Å². The molecule has 0 spiro atoms. The van der Waals surface area contributed by atoms with Gasteiger partial charge >= 0.3 is 0 Å². The number of carbonyl (C=O) groups is 1. The maximum atomic E-state index is 13.3. The van der Waals surface area contributed by atoms with Gasteiger partial charge in [0, 0.05) is 12.1 Å². The van der Waals surface area contributed by atoms with Gasteiger partial charge in [0.15, 0.2) is 11.5 Å². The van der Waals surface area contributed by atoms with E-state index in [-0.39, 0.29) is 12.7 Å². The molecule has 1 atom stereocenters. The summed E-state index contributed by atoms with van der Waals surface area (Å²) in [6.07, 6.45) is 0.637. The van der Waals surface area contributed by atoms with Gasteiger partial charge in [-0.1, -0.05) is 49.4 Å². The lowest BCUT2D eigenvalue weighted by atomic mass is 10.1. The van der Waals surface area contributed by atoms with Crippen molar-refractivity contribution in [1.29, 1.82) is 0 Å². The zero-order valence-corrected chi connectivity index (χ0v) is 17.2. The highest BCUT2D eigenvalue weighted by molar-refractivity contribution is 5.87. The van der Waals surface area contributed by atoms with Gasteiger partial charge in [0.1, 0.15) is 11.9 Å². The van der Waals surface area contributed by atoms with Crippen molar-refractivity contribution < 1.29 is 14.3 Å². The summed E-state index contributed by atoms with van der Waals surface area (Å²) >= 11 is 0. The van der Waals surface area contributed by atoms with E-state index in [1.54, 1.807) is 0 Å². The van der Waals surface area contributed by atoms with Crippen LogP contribution in [0.1, 0.15) is 24.9 Å². The number of benzene rings is 3. The van der Waals surface area contributed by atoms with Crippen LogP contribution in [0.15, 0.2) is 72.8 Å². The Kier molecular flexibility index (Phi) is 5.04. The van der Waals surface area contributed by atoms with Crippen LogP contribution < -0.4 is 14.8 Å². The fraction of sp³-hybridized carbons (Fsp3) is 0.200. The number of imidazole rings is 1. The standard InChI is InChI=1S/C25H23N3O3/c1-2-20(25(29)26-15-17-8-4-3-5-9-17)28-21-11-7-6-10-19(21)27-24(28)18-12-13-22-23(14-18)31-16-30-22/h3-14,20H,2,15-16H2,1H3,(H,26,29). The molecule has 1 aromatic heterocycles. The molecule has 156 valence electrons. The molecule has 0 bridgehead atoms. The number of aromatic nitrogens is 2. The summed E-state index contributed by atoms with van der Waals surface area (Å²) in [5.74, 6) is 2.12. The van der Waals surface area contributed by atoms with Crippen LogP contribution in [0, 0.1) is 0 Å². The third kappa shape index (κ3) is 3.61. The third-order valence-corrected chi connectivity index (χ3v) is 5.54. The maximum absolute atomic E-state index is 13.3. The topological polar surface area (TPSA) is 65.4 Å². The molecule has 3 aromatic carbocycles. The van der Waals surface area contributed by atoms with Crippen LogP contribution in [0.3, 0.4) is 0 Å². The van der Waals surface area contributed by atoms with Gasteiger partial charge in [-0.15, -0.1) is 0 Å². The molecule has 0 fully saturated rings. The van der Waals surface area contributed by atoms with E-state index in [4.69, 9.17) is 14.5 Å². The zero-order chi connectivity index (χ0) is 21.2. The van der Waals surface area contributed by atoms with Gasteiger partial charge < -0.3 is 19.4 Å². The van der Waals surface area contributed by atoms with E-state index in [2.05, 4.69) is 5.32 Å². The van der Waals surface area contributed by atoms with Crippen LogP contribution in [0.25, 0.3) is 22.4 Å². The smallest absolute Gasteiger partial charge is 0.243 e. The van der Waals surface area contributed by atoms with Gasteiger partial charge in [-0.05, 0) is 42.3 Å². The second-order valence-electron chi connectivity index (χ2n) is 7.49. The molecule has 1 aliphatic rings. The van der Waals surface area contributed by atoms with Crippen LogP contribution in [-0.4, -0.2) is 22.3 Å². The Labute approximate surface area is 180 Å². The minimum absolute atomic E-state index is 0.0310. The van der Waals surface area contributed by atoms with E-state index >= 15 is 0 Å². The van der Waals surface area contributed by atoms with E-state index in [0.29, 0.717) is 18.7 Å². The van der Waals surface area contributed by atoms with Crippen molar-refractivity contribution in [1.82, 2.24) is 14.9 Å². The highest BCUT2D eigenvalue weighted by atomic mass is 16.7. The van der Waals surface area contributed by atoms with E-state index in [9.17, 15) is 4.79 Å². The molecule has 1 N–H and O–H groups in total. The van der Waals surface area contributed by atoms with Crippen LogP contribution in [0.4, 0.5) is 0 Å². The molecule has 2 heterocycles. The summed E-state index contributed by atoms with van der Waals surface area (Å²) in [5, 5.41) is 3.09. The molecular formula is C25H23N3O3. The Morgan fingerprint density at radius 1 is 1.03 bits per heavy atom. The molecule has 0 aliphatic carbocycles. The molecule has 6 nitrogen and oxygen atoms in total. The zero-order valence-electron chi connectivity index (χ0n) is 17.2. The molecular weight excluding hydrogens is 390 g/mol. The predicted octanol–water partition coefficient (Wildman–Crippen LogP) is 4.70. The second kappa shape index (κ2) is 8.14. The summed E-state index contributed by atoms with van der Waals surface area (Å²) < 4.78 is 13.0. The third-order valence-electron chi connectivity index (χ3n) is 5.54. The van der Waals surface area contributed by atoms with Crippen molar-refractivity contribution >= 4 is 16.9 Å². The lowest BCUT2D eigenvalue weighted by Gasteiger charge is -2.20. The number of fused-ring (bicyclic) bond motifs is 2. The average Bonchev–Trinajstić information content (AvgIpc) is 3.43. The van der Waals surface area contributed by atoms with Crippen LogP contribution in [0.5, 0.6) is 11.5 Å². The number of nitrogens with zero attached hydrogens (tertiary/aromatic N) is 2. The number of nitrogens with one attached hydrogen (secondary N) is 1. The lowest BCUT2D eigenvalue weighted by molar-refractivity contribution is -0.124. The van der Waals surface area contributed by atoms with Gasteiger partial charge in [0.2, 0.25) is 12.7 Å². The number of rotatable bonds is 6. The molecule has 31 heavy (non-hydrogen) atoms. The molecule has 4 aromatic rings. The summed E-state index contributed by atoms with van der Waals surface area (Å²) in [7, 11) is 0. The summed E-state index contributed by atoms with van der Waals surface area (Å²) in [6.45, 7) is 2.72. The Morgan fingerprint density at radius 2 is 1.81 bits per heavy atom. The quantitative estimate of drug-likeness (QED) is 0.498. The van der Waals surface area contributed by atoms with Crippen molar-refractivity contribution in [2.45, 2.75) is 25.9 Å². The summed E-state index contributed by atoms with van der Waals surface area (Å²) in [5.41, 5.74) is 3.73. The lowest BCUT2D eigenvalue weighted by Crippen LogP contribution is -2.32. The molecule has 0 radical (unpaired) electrons. The molecule has 1 aliphatic heterocycles. The second-order valence-corrected chi connectivity index (χ2v) is 7.49. The number of para-hydroxylation sites is 2. The number of hydrogen-bond donors (Lipinski definition) is 1. The fourth-order valence-electron chi connectivity index (χ4n) is 3.99. The fourth-order valence-corrected chi connectivity index (χ4v) is 3.99. The first kappa shape index (κ1) is 19.2. The first-order valence-corrected chi connectivity index (χ1v) is 10.4. The largest absolute Gasteiger partial charge is 0.454 e. The first-order chi connectivity index (χ1) is 15.2. The normalized spacial score (nSPS) is 13.3. The van der Waals surface area contributed by atoms with Crippen molar-refractivity contribution in [3.63, 3.8) is 0 Å². The number of carbonyl (C=O) groups excluding carboxylic acids is 1. The Balaban J connectivity index is 1.54. The summed E-state index contributed by atoms with van der Waals surface area (Å²) in [6, 6.07) is 23.2. The SMILES string of the molecule is CCC(C(=O)NCc1ccccc1)n1c(-c2ccc3c(c2)OCO3)nc2ccccc21. The molecule has 0 saturated carbocycles. The minimum atomic E-state index is -0.392. The van der Waals surface area contributed by atoms with Gasteiger partial charge in [0.05, 0.1) is 11.0 Å². The minimum Gasteiger partial charge on any atom is -0.454 e. The Bertz CT molecular complexity index is 1230.